The molecule has 1 aliphatic heterocycles. The molecule has 74 valence electrons. The van der Waals surface area contributed by atoms with Gasteiger partial charge in [0.2, 0.25) is 5.91 Å². The summed E-state index contributed by atoms with van der Waals surface area (Å²) in [6, 6.07) is 0. The van der Waals surface area contributed by atoms with Gasteiger partial charge in [-0.2, -0.15) is 0 Å². The summed E-state index contributed by atoms with van der Waals surface area (Å²) >= 11 is 0. The number of nitrogens with zero attached hydrogens (tertiary/aromatic N) is 1. The molecule has 4 atom stereocenters. The molecule has 2 nitrogen and oxygen atoms in total. The molecule has 0 N–H and O–H groups in total. The van der Waals surface area contributed by atoms with E-state index in [2.05, 4.69) is 18.7 Å². The van der Waals surface area contributed by atoms with Crippen LogP contribution < -0.4 is 0 Å². The highest BCUT2D eigenvalue weighted by Crippen LogP contribution is 2.55. The van der Waals surface area contributed by atoms with E-state index < -0.39 is 0 Å². The van der Waals surface area contributed by atoms with Crippen molar-refractivity contribution in [2.24, 2.45) is 23.7 Å². The molecule has 0 aromatic rings. The second-order valence-corrected chi connectivity index (χ2v) is 4.57. The molecule has 2 bridgehead atoms. The third-order valence-electron chi connectivity index (χ3n) is 4.06. The van der Waals surface area contributed by atoms with E-state index in [1.165, 1.54) is 6.42 Å². The first-order valence-corrected chi connectivity index (χ1v) is 5.42. The Morgan fingerprint density at radius 2 is 2.07 bits per heavy atom. The number of rotatable bonds is 1. The summed E-state index contributed by atoms with van der Waals surface area (Å²) in [5, 5.41) is 0. The zero-order valence-electron chi connectivity index (χ0n) is 8.44. The van der Waals surface area contributed by atoms with Crippen molar-refractivity contribution in [2.45, 2.75) is 13.3 Å². The second-order valence-electron chi connectivity index (χ2n) is 4.57. The van der Waals surface area contributed by atoms with Crippen molar-refractivity contribution in [3.63, 3.8) is 0 Å². The third kappa shape index (κ3) is 0.753. The quantitative estimate of drug-likeness (QED) is 0.576. The highest BCUT2D eigenvalue weighted by Gasteiger charge is 2.55. The van der Waals surface area contributed by atoms with Crippen molar-refractivity contribution in [3.05, 3.63) is 24.4 Å². The first kappa shape index (κ1) is 8.27. The van der Waals surface area contributed by atoms with Crippen LogP contribution in [0.2, 0.25) is 0 Å². The Bertz CT molecular complexity index is 314. The summed E-state index contributed by atoms with van der Waals surface area (Å²) < 4.78 is 0. The Morgan fingerprint density at radius 1 is 1.43 bits per heavy atom. The minimum absolute atomic E-state index is 0.234. The zero-order chi connectivity index (χ0) is 9.87. The fourth-order valence-electron chi connectivity index (χ4n) is 3.47. The van der Waals surface area contributed by atoms with Crippen LogP contribution in [0.1, 0.15) is 13.3 Å². The molecule has 0 radical (unpaired) electrons. The predicted molar refractivity (Wildman–Crippen MR) is 54.2 cm³/mol. The molecule has 0 spiro atoms. The van der Waals surface area contributed by atoms with Gasteiger partial charge in [-0.1, -0.05) is 18.7 Å². The van der Waals surface area contributed by atoms with Crippen molar-refractivity contribution in [2.75, 3.05) is 6.54 Å². The molecule has 1 amide bonds. The molecule has 0 aromatic heterocycles. The molecule has 1 saturated heterocycles. The van der Waals surface area contributed by atoms with E-state index in [9.17, 15) is 4.79 Å². The van der Waals surface area contributed by atoms with Crippen LogP contribution in [0.5, 0.6) is 0 Å². The number of hydrogen-bond donors (Lipinski definition) is 0. The second kappa shape index (κ2) is 2.50. The molecule has 14 heavy (non-hydrogen) atoms. The van der Waals surface area contributed by atoms with Gasteiger partial charge in [0.1, 0.15) is 0 Å². The SMILES string of the molecule is C=C1C2C3C=CC(C3)C2C(=O)N1CC. The summed E-state index contributed by atoms with van der Waals surface area (Å²) in [5.41, 5.74) is 1.07. The number of fused-ring (bicyclic) bond motifs is 5. The average molecular weight is 189 g/mol. The van der Waals surface area contributed by atoms with Crippen LogP contribution in [-0.4, -0.2) is 17.4 Å². The number of hydrogen-bond acceptors (Lipinski definition) is 1. The van der Waals surface area contributed by atoms with Gasteiger partial charge in [0.25, 0.3) is 0 Å². The Labute approximate surface area is 84.3 Å². The fraction of sp³-hybridized carbons (Fsp3) is 0.583. The highest BCUT2D eigenvalue weighted by atomic mass is 16.2. The maximum absolute atomic E-state index is 12.0. The third-order valence-corrected chi connectivity index (χ3v) is 4.06. The van der Waals surface area contributed by atoms with Gasteiger partial charge in [-0.25, -0.2) is 0 Å². The topological polar surface area (TPSA) is 20.3 Å². The molecule has 0 aromatic carbocycles. The largest absolute Gasteiger partial charge is 0.316 e. The van der Waals surface area contributed by atoms with E-state index in [1.54, 1.807) is 0 Å². The van der Waals surface area contributed by atoms with Crippen LogP contribution >= 0.6 is 0 Å². The zero-order valence-corrected chi connectivity index (χ0v) is 8.44. The lowest BCUT2D eigenvalue weighted by Crippen LogP contribution is -2.27. The van der Waals surface area contributed by atoms with Crippen LogP contribution in [-0.2, 0) is 4.79 Å². The van der Waals surface area contributed by atoms with Crippen LogP contribution in [0.4, 0.5) is 0 Å². The molecule has 2 fully saturated rings. The monoisotopic (exact) mass is 189 g/mol. The summed E-state index contributed by atoms with van der Waals surface area (Å²) in [5.74, 6) is 2.08. The Balaban J connectivity index is 2.02. The maximum atomic E-state index is 12.0. The molecule has 3 aliphatic rings. The fourth-order valence-corrected chi connectivity index (χ4v) is 3.47. The summed E-state index contributed by atoms with van der Waals surface area (Å²) in [6.45, 7) is 6.90. The van der Waals surface area contributed by atoms with Gasteiger partial charge < -0.3 is 4.90 Å². The van der Waals surface area contributed by atoms with Gasteiger partial charge in [-0.3, -0.25) is 4.79 Å². The number of carbonyl (C=O) groups is 1. The minimum Gasteiger partial charge on any atom is -0.316 e. The number of amides is 1. The first-order valence-electron chi connectivity index (χ1n) is 5.42. The maximum Gasteiger partial charge on any atom is 0.231 e. The summed E-state index contributed by atoms with van der Waals surface area (Å²) in [6.07, 6.45) is 5.69. The van der Waals surface area contributed by atoms with E-state index in [4.69, 9.17) is 0 Å². The van der Waals surface area contributed by atoms with Gasteiger partial charge in [0.05, 0.1) is 5.92 Å². The first-order chi connectivity index (χ1) is 6.74. The lowest BCUT2D eigenvalue weighted by molar-refractivity contribution is -0.130. The lowest BCUT2D eigenvalue weighted by Gasteiger charge is -2.19. The molecule has 2 aliphatic carbocycles. The summed E-state index contributed by atoms with van der Waals surface area (Å²) in [4.78, 5) is 13.9. The number of carbonyl (C=O) groups excluding carboxylic acids is 1. The van der Waals surface area contributed by atoms with Gasteiger partial charge in [-0.15, -0.1) is 0 Å². The Kier molecular flexibility index (Phi) is 1.48. The summed E-state index contributed by atoms with van der Waals surface area (Å²) in [7, 11) is 0. The standard InChI is InChI=1S/C12H15NO/c1-3-13-7(2)10-8-4-5-9(6-8)11(10)12(13)14/h4-5,8-11H,2-3,6H2,1H3. The Morgan fingerprint density at radius 3 is 2.64 bits per heavy atom. The van der Waals surface area contributed by atoms with E-state index in [-0.39, 0.29) is 5.92 Å². The van der Waals surface area contributed by atoms with Gasteiger partial charge >= 0.3 is 0 Å². The van der Waals surface area contributed by atoms with Crippen molar-refractivity contribution >= 4 is 5.91 Å². The number of likely N-dealkylation sites (tertiary alicyclic amines) is 1. The van der Waals surface area contributed by atoms with E-state index in [0.29, 0.717) is 23.7 Å². The van der Waals surface area contributed by atoms with E-state index in [1.807, 2.05) is 11.8 Å². The van der Waals surface area contributed by atoms with Crippen LogP contribution in [0.25, 0.3) is 0 Å². The molecule has 1 heterocycles. The molecular formula is C12H15NO. The lowest BCUT2D eigenvalue weighted by atomic mass is 9.84. The van der Waals surface area contributed by atoms with Crippen LogP contribution in [0.15, 0.2) is 24.4 Å². The Hall–Kier alpha value is -1.05. The van der Waals surface area contributed by atoms with E-state index in [0.717, 1.165) is 12.2 Å². The number of allylic oxidation sites excluding steroid dienone is 3. The van der Waals surface area contributed by atoms with E-state index >= 15 is 0 Å². The van der Waals surface area contributed by atoms with Gasteiger partial charge in [0, 0.05) is 18.2 Å². The van der Waals surface area contributed by atoms with Crippen LogP contribution in [0.3, 0.4) is 0 Å². The van der Waals surface area contributed by atoms with Gasteiger partial charge in [0.15, 0.2) is 0 Å². The average Bonchev–Trinajstić information content (AvgIpc) is 2.80. The molecule has 2 heteroatoms. The predicted octanol–water partition coefficient (Wildman–Crippen LogP) is 1.80. The normalized spacial score (nSPS) is 43.9. The van der Waals surface area contributed by atoms with Crippen LogP contribution in [0, 0.1) is 23.7 Å². The molecule has 3 rings (SSSR count). The van der Waals surface area contributed by atoms with Crippen molar-refractivity contribution in [1.29, 1.82) is 0 Å². The van der Waals surface area contributed by atoms with Crippen molar-refractivity contribution in [3.8, 4) is 0 Å². The van der Waals surface area contributed by atoms with Crippen molar-refractivity contribution < 1.29 is 4.79 Å². The molecular weight excluding hydrogens is 174 g/mol. The minimum atomic E-state index is 0.234. The highest BCUT2D eigenvalue weighted by molar-refractivity contribution is 5.86. The molecule has 1 saturated carbocycles. The smallest absolute Gasteiger partial charge is 0.231 e. The molecule has 4 unspecified atom stereocenters. The van der Waals surface area contributed by atoms with Gasteiger partial charge in [-0.05, 0) is 25.2 Å². The van der Waals surface area contributed by atoms with Crippen molar-refractivity contribution in [1.82, 2.24) is 4.90 Å².